The van der Waals surface area contributed by atoms with E-state index < -0.39 is 24.0 Å². The molecule has 7 nitrogen and oxygen atoms in total. The van der Waals surface area contributed by atoms with Crippen molar-refractivity contribution in [3.05, 3.63) is 23.8 Å². The Morgan fingerprint density at radius 1 is 1.39 bits per heavy atom. The first-order chi connectivity index (χ1) is 8.49. The fourth-order valence-corrected chi connectivity index (χ4v) is 1.92. The van der Waals surface area contributed by atoms with Gasteiger partial charge in [0.1, 0.15) is 11.7 Å². The number of hydrogen-bond donors (Lipinski definition) is 2. The van der Waals surface area contributed by atoms with Crippen LogP contribution in [0.2, 0.25) is 0 Å². The molecule has 2 N–H and O–H groups in total. The molecule has 7 heteroatoms. The fraction of sp³-hybridized carbons (Fsp3) is 0.455. The molecule has 0 aliphatic carbocycles. The van der Waals surface area contributed by atoms with Crippen LogP contribution in [0.3, 0.4) is 0 Å². The minimum atomic E-state index is -1.13. The van der Waals surface area contributed by atoms with E-state index in [-0.39, 0.29) is 18.7 Å². The Labute approximate surface area is 103 Å². The third kappa shape index (κ3) is 2.30. The van der Waals surface area contributed by atoms with E-state index in [1.165, 1.54) is 12.4 Å². The first-order valence-corrected chi connectivity index (χ1v) is 5.49. The van der Waals surface area contributed by atoms with Crippen LogP contribution in [-0.4, -0.2) is 55.6 Å². The topological polar surface area (TPSA) is 104 Å². The zero-order valence-electron chi connectivity index (χ0n) is 9.78. The summed E-state index contributed by atoms with van der Waals surface area (Å²) in [5, 5.41) is 18.5. The molecule has 1 aliphatic rings. The summed E-state index contributed by atoms with van der Waals surface area (Å²) in [4.78, 5) is 32.0. The number of likely N-dealkylation sites (tertiary alicyclic amines) is 1. The van der Waals surface area contributed by atoms with Crippen molar-refractivity contribution < 1.29 is 19.8 Å². The summed E-state index contributed by atoms with van der Waals surface area (Å²) in [5.74, 6) is -1.65. The number of β-amino-alcohol motifs (C(OH)–C–C–N with tert-alkyl or cyclic N) is 1. The quantitative estimate of drug-likeness (QED) is 0.730. The third-order valence-corrected chi connectivity index (χ3v) is 2.82. The summed E-state index contributed by atoms with van der Waals surface area (Å²) < 4.78 is 0. The highest BCUT2D eigenvalue weighted by Crippen LogP contribution is 2.20. The van der Waals surface area contributed by atoms with Gasteiger partial charge in [-0.05, 0) is 6.92 Å². The van der Waals surface area contributed by atoms with Crippen molar-refractivity contribution in [2.45, 2.75) is 25.5 Å². The van der Waals surface area contributed by atoms with E-state index in [9.17, 15) is 14.7 Å². The second kappa shape index (κ2) is 4.69. The zero-order valence-corrected chi connectivity index (χ0v) is 9.78. The molecule has 2 rings (SSSR count). The van der Waals surface area contributed by atoms with E-state index in [0.717, 1.165) is 4.90 Å². The van der Waals surface area contributed by atoms with Crippen molar-refractivity contribution in [2.75, 3.05) is 6.54 Å². The maximum Gasteiger partial charge on any atom is 0.326 e. The molecule has 2 heterocycles. The lowest BCUT2D eigenvalue weighted by Gasteiger charge is -2.20. The van der Waals surface area contributed by atoms with Gasteiger partial charge < -0.3 is 15.1 Å². The molecule has 2 atom stereocenters. The molecule has 0 bridgehead atoms. The maximum absolute atomic E-state index is 12.1. The highest BCUT2D eigenvalue weighted by atomic mass is 16.4. The molecular weight excluding hydrogens is 238 g/mol. The molecule has 0 spiro atoms. The number of carbonyl (C=O) groups is 2. The number of aliphatic hydroxyl groups excluding tert-OH is 1. The predicted molar refractivity (Wildman–Crippen MR) is 59.9 cm³/mol. The van der Waals surface area contributed by atoms with Crippen LogP contribution < -0.4 is 0 Å². The summed E-state index contributed by atoms with van der Waals surface area (Å²) >= 11 is 0. The molecule has 1 saturated heterocycles. The Morgan fingerprint density at radius 2 is 2.11 bits per heavy atom. The van der Waals surface area contributed by atoms with Gasteiger partial charge in [-0.2, -0.15) is 0 Å². The van der Waals surface area contributed by atoms with Gasteiger partial charge >= 0.3 is 5.97 Å². The number of hydrogen-bond acceptors (Lipinski definition) is 5. The summed E-state index contributed by atoms with van der Waals surface area (Å²) in [6.07, 6.45) is 1.98. The fourth-order valence-electron chi connectivity index (χ4n) is 1.92. The van der Waals surface area contributed by atoms with E-state index in [1.54, 1.807) is 6.92 Å². The van der Waals surface area contributed by atoms with E-state index in [1.807, 2.05) is 0 Å². The van der Waals surface area contributed by atoms with E-state index in [4.69, 9.17) is 5.11 Å². The monoisotopic (exact) mass is 251 g/mol. The molecule has 0 unspecified atom stereocenters. The largest absolute Gasteiger partial charge is 0.480 e. The summed E-state index contributed by atoms with van der Waals surface area (Å²) in [5.41, 5.74) is 0.753. The van der Waals surface area contributed by atoms with Crippen LogP contribution in [-0.2, 0) is 4.79 Å². The van der Waals surface area contributed by atoms with Crippen molar-refractivity contribution in [1.29, 1.82) is 0 Å². The SMILES string of the molecule is Cc1cnc(C(=O)N2C[C@H](O)C[C@H]2C(=O)O)cn1. The minimum Gasteiger partial charge on any atom is -0.480 e. The molecule has 18 heavy (non-hydrogen) atoms. The third-order valence-electron chi connectivity index (χ3n) is 2.82. The highest BCUT2D eigenvalue weighted by Gasteiger charge is 2.39. The van der Waals surface area contributed by atoms with Gasteiger partial charge in [0.2, 0.25) is 0 Å². The first-order valence-electron chi connectivity index (χ1n) is 5.49. The summed E-state index contributed by atoms with van der Waals surface area (Å²) in [7, 11) is 0. The molecular formula is C11H13N3O4. The van der Waals surface area contributed by atoms with E-state index in [0.29, 0.717) is 5.69 Å². The average molecular weight is 251 g/mol. The number of rotatable bonds is 2. The number of aliphatic carboxylic acids is 1. The smallest absolute Gasteiger partial charge is 0.326 e. The molecule has 0 radical (unpaired) electrons. The lowest BCUT2D eigenvalue weighted by molar-refractivity contribution is -0.141. The highest BCUT2D eigenvalue weighted by molar-refractivity contribution is 5.95. The van der Waals surface area contributed by atoms with Gasteiger partial charge in [0.05, 0.1) is 18.0 Å². The van der Waals surface area contributed by atoms with Crippen LogP contribution in [0.25, 0.3) is 0 Å². The number of aryl methyl sites for hydroxylation is 1. The number of carboxylic acid groups (broad SMARTS) is 1. The molecule has 1 aliphatic heterocycles. The number of aliphatic hydroxyl groups is 1. The average Bonchev–Trinajstić information content (AvgIpc) is 2.71. The molecule has 1 aromatic heterocycles. The predicted octanol–water partition coefficient (Wildman–Crippen LogP) is -0.555. The van der Waals surface area contributed by atoms with Gasteiger partial charge in [0.25, 0.3) is 5.91 Å². The van der Waals surface area contributed by atoms with Crippen molar-refractivity contribution in [3.8, 4) is 0 Å². The number of amides is 1. The summed E-state index contributed by atoms with van der Waals surface area (Å²) in [6, 6.07) is -1.00. The van der Waals surface area contributed by atoms with Crippen LogP contribution in [0, 0.1) is 6.92 Å². The van der Waals surface area contributed by atoms with Gasteiger partial charge in [-0.3, -0.25) is 9.78 Å². The molecule has 1 fully saturated rings. The van der Waals surface area contributed by atoms with Crippen molar-refractivity contribution in [1.82, 2.24) is 14.9 Å². The van der Waals surface area contributed by atoms with Crippen molar-refractivity contribution in [2.24, 2.45) is 0 Å². The number of aromatic nitrogens is 2. The van der Waals surface area contributed by atoms with Gasteiger partial charge in [-0.25, -0.2) is 9.78 Å². The van der Waals surface area contributed by atoms with Gasteiger partial charge in [0.15, 0.2) is 0 Å². The Balaban J connectivity index is 2.22. The molecule has 1 amide bonds. The van der Waals surface area contributed by atoms with Crippen molar-refractivity contribution >= 4 is 11.9 Å². The Morgan fingerprint density at radius 3 is 2.67 bits per heavy atom. The first kappa shape index (κ1) is 12.4. The lowest BCUT2D eigenvalue weighted by Crippen LogP contribution is -2.41. The normalized spacial score (nSPS) is 23.1. The minimum absolute atomic E-state index is 0.00531. The van der Waals surface area contributed by atoms with Gasteiger partial charge in [0, 0.05) is 19.2 Å². The van der Waals surface area contributed by atoms with Crippen molar-refractivity contribution in [3.63, 3.8) is 0 Å². The van der Waals surface area contributed by atoms with Crippen LogP contribution in [0.15, 0.2) is 12.4 Å². The van der Waals surface area contributed by atoms with Gasteiger partial charge in [-0.15, -0.1) is 0 Å². The second-order valence-corrected chi connectivity index (χ2v) is 4.24. The van der Waals surface area contributed by atoms with Crippen LogP contribution in [0.4, 0.5) is 0 Å². The second-order valence-electron chi connectivity index (χ2n) is 4.24. The Hall–Kier alpha value is -2.02. The Kier molecular flexibility index (Phi) is 3.24. The molecule has 96 valence electrons. The lowest BCUT2D eigenvalue weighted by atomic mass is 10.2. The standard InChI is InChI=1S/C11H13N3O4/c1-6-3-13-8(4-12-6)10(16)14-5-7(15)2-9(14)11(17)18/h3-4,7,9,15H,2,5H2,1H3,(H,17,18)/t7-,9+/m1/s1. The number of carboxylic acids is 1. The van der Waals surface area contributed by atoms with Crippen LogP contribution in [0.5, 0.6) is 0 Å². The van der Waals surface area contributed by atoms with Crippen LogP contribution >= 0.6 is 0 Å². The van der Waals surface area contributed by atoms with Gasteiger partial charge in [-0.1, -0.05) is 0 Å². The van der Waals surface area contributed by atoms with E-state index in [2.05, 4.69) is 9.97 Å². The summed E-state index contributed by atoms with van der Waals surface area (Å²) in [6.45, 7) is 1.74. The molecule has 0 saturated carbocycles. The molecule has 1 aromatic rings. The maximum atomic E-state index is 12.1. The zero-order chi connectivity index (χ0) is 13.3. The number of carbonyl (C=O) groups excluding carboxylic acids is 1. The van der Waals surface area contributed by atoms with Crippen LogP contribution in [0.1, 0.15) is 22.6 Å². The van der Waals surface area contributed by atoms with E-state index >= 15 is 0 Å². The molecule has 0 aromatic carbocycles. The Bertz CT molecular complexity index is 474. The number of nitrogens with zero attached hydrogens (tertiary/aromatic N) is 3.